The van der Waals surface area contributed by atoms with Gasteiger partial charge in [-0.15, -0.1) is 0 Å². The van der Waals surface area contributed by atoms with E-state index in [1.807, 2.05) is 37.2 Å². The Kier molecular flexibility index (Phi) is 5.05. The van der Waals surface area contributed by atoms with Crippen LogP contribution in [0.1, 0.15) is 18.4 Å². The second kappa shape index (κ2) is 6.36. The van der Waals surface area contributed by atoms with Gasteiger partial charge in [0.05, 0.1) is 6.54 Å². The minimum atomic E-state index is 0.330. The highest BCUT2D eigenvalue weighted by Gasteiger charge is 2.02. The molecule has 0 heterocycles. The van der Waals surface area contributed by atoms with Crippen molar-refractivity contribution in [2.24, 2.45) is 0 Å². The molecule has 0 aromatic heterocycles. The van der Waals surface area contributed by atoms with Crippen molar-refractivity contribution in [1.29, 1.82) is 0 Å². The lowest BCUT2D eigenvalue weighted by atomic mass is 10.1. The van der Waals surface area contributed by atoms with E-state index in [1.54, 1.807) is 0 Å². The van der Waals surface area contributed by atoms with Crippen molar-refractivity contribution in [2.45, 2.75) is 19.3 Å². The van der Waals surface area contributed by atoms with Gasteiger partial charge in [0, 0.05) is 6.42 Å². The zero-order valence-corrected chi connectivity index (χ0v) is 9.57. The quantitative estimate of drug-likeness (QED) is 0.709. The first kappa shape index (κ1) is 11.9. The molecule has 0 bridgehead atoms. The summed E-state index contributed by atoms with van der Waals surface area (Å²) in [7, 11) is 3.85. The highest BCUT2D eigenvalue weighted by Crippen LogP contribution is 2.04. The molecular weight excluding hydrogens is 186 g/mol. The number of hydrogen-bond donors (Lipinski definition) is 0. The molecule has 0 atom stereocenters. The summed E-state index contributed by atoms with van der Waals surface area (Å²) >= 11 is 0. The van der Waals surface area contributed by atoms with Gasteiger partial charge in [0.1, 0.15) is 5.78 Å². The van der Waals surface area contributed by atoms with Crippen LogP contribution < -0.4 is 0 Å². The van der Waals surface area contributed by atoms with E-state index >= 15 is 0 Å². The summed E-state index contributed by atoms with van der Waals surface area (Å²) < 4.78 is 0. The summed E-state index contributed by atoms with van der Waals surface area (Å²) in [5, 5.41) is 0. The predicted molar refractivity (Wildman–Crippen MR) is 62.9 cm³/mol. The smallest absolute Gasteiger partial charge is 0.146 e. The second-order valence-corrected chi connectivity index (χ2v) is 4.12. The van der Waals surface area contributed by atoms with Crippen LogP contribution in [-0.2, 0) is 11.2 Å². The second-order valence-electron chi connectivity index (χ2n) is 4.12. The summed E-state index contributed by atoms with van der Waals surface area (Å²) in [5.41, 5.74) is 1.31. The maximum Gasteiger partial charge on any atom is 0.146 e. The molecular formula is C13H19NO. The van der Waals surface area contributed by atoms with Crippen LogP contribution in [0.15, 0.2) is 30.3 Å². The Morgan fingerprint density at radius 1 is 1.20 bits per heavy atom. The van der Waals surface area contributed by atoms with E-state index in [4.69, 9.17) is 0 Å². The van der Waals surface area contributed by atoms with E-state index in [9.17, 15) is 4.79 Å². The third kappa shape index (κ3) is 5.33. The van der Waals surface area contributed by atoms with Gasteiger partial charge in [-0.25, -0.2) is 0 Å². The van der Waals surface area contributed by atoms with Gasteiger partial charge in [-0.1, -0.05) is 30.3 Å². The van der Waals surface area contributed by atoms with Gasteiger partial charge in [-0.05, 0) is 32.5 Å². The molecule has 0 fully saturated rings. The molecule has 15 heavy (non-hydrogen) atoms. The molecule has 0 amide bonds. The number of hydrogen-bond acceptors (Lipinski definition) is 2. The van der Waals surface area contributed by atoms with Crippen molar-refractivity contribution in [3.8, 4) is 0 Å². The van der Waals surface area contributed by atoms with E-state index in [2.05, 4.69) is 12.1 Å². The largest absolute Gasteiger partial charge is 0.302 e. The zero-order valence-electron chi connectivity index (χ0n) is 9.57. The summed E-state index contributed by atoms with van der Waals surface area (Å²) in [4.78, 5) is 13.3. The fraction of sp³-hybridized carbons (Fsp3) is 0.462. The van der Waals surface area contributed by atoms with Gasteiger partial charge < -0.3 is 4.90 Å². The van der Waals surface area contributed by atoms with Crippen molar-refractivity contribution in [2.75, 3.05) is 20.6 Å². The summed E-state index contributed by atoms with van der Waals surface area (Å²) in [6.07, 6.45) is 2.64. The van der Waals surface area contributed by atoms with Crippen LogP contribution in [-0.4, -0.2) is 31.3 Å². The minimum Gasteiger partial charge on any atom is -0.302 e. The lowest BCUT2D eigenvalue weighted by Crippen LogP contribution is -2.21. The zero-order chi connectivity index (χ0) is 11.1. The average Bonchev–Trinajstić information content (AvgIpc) is 2.18. The number of carbonyl (C=O) groups is 1. The van der Waals surface area contributed by atoms with Gasteiger partial charge in [0.15, 0.2) is 0 Å². The van der Waals surface area contributed by atoms with Crippen molar-refractivity contribution >= 4 is 5.78 Å². The van der Waals surface area contributed by atoms with Crippen molar-refractivity contribution in [1.82, 2.24) is 4.90 Å². The van der Waals surface area contributed by atoms with Crippen molar-refractivity contribution in [3.05, 3.63) is 35.9 Å². The number of aryl methyl sites for hydroxylation is 1. The number of ketones is 1. The molecule has 2 nitrogen and oxygen atoms in total. The van der Waals surface area contributed by atoms with E-state index in [1.165, 1.54) is 5.56 Å². The Labute approximate surface area is 91.9 Å². The molecule has 0 saturated carbocycles. The molecule has 82 valence electrons. The van der Waals surface area contributed by atoms with Gasteiger partial charge in [0.25, 0.3) is 0 Å². The maximum atomic E-state index is 11.4. The monoisotopic (exact) mass is 205 g/mol. The Balaban J connectivity index is 2.19. The molecule has 0 aliphatic rings. The molecule has 0 radical (unpaired) electrons. The Hall–Kier alpha value is -1.15. The SMILES string of the molecule is CN(C)CC(=O)CCCc1ccccc1. The predicted octanol–water partition coefficient (Wildman–Crippen LogP) is 2.14. The number of benzene rings is 1. The van der Waals surface area contributed by atoms with E-state index in [-0.39, 0.29) is 0 Å². The molecule has 0 saturated heterocycles. The number of carbonyl (C=O) groups excluding carboxylic acids is 1. The van der Waals surface area contributed by atoms with Gasteiger partial charge >= 0.3 is 0 Å². The topological polar surface area (TPSA) is 20.3 Å². The lowest BCUT2D eigenvalue weighted by Gasteiger charge is -2.07. The van der Waals surface area contributed by atoms with Gasteiger partial charge in [0.2, 0.25) is 0 Å². The minimum absolute atomic E-state index is 0.330. The standard InChI is InChI=1S/C13H19NO/c1-14(2)11-13(15)10-6-9-12-7-4-3-5-8-12/h3-5,7-8H,6,9-11H2,1-2H3. The van der Waals surface area contributed by atoms with E-state index in [0.29, 0.717) is 18.7 Å². The first-order valence-electron chi connectivity index (χ1n) is 5.39. The highest BCUT2D eigenvalue weighted by molar-refractivity contribution is 5.80. The van der Waals surface area contributed by atoms with E-state index < -0.39 is 0 Å². The molecule has 1 aromatic rings. The number of rotatable bonds is 6. The van der Waals surface area contributed by atoms with Gasteiger partial charge in [-0.3, -0.25) is 4.79 Å². The van der Waals surface area contributed by atoms with Crippen LogP contribution >= 0.6 is 0 Å². The number of Topliss-reactive ketones (excluding diaryl/α,β-unsaturated/α-hetero) is 1. The van der Waals surface area contributed by atoms with Crippen LogP contribution in [0.4, 0.5) is 0 Å². The average molecular weight is 205 g/mol. The number of likely N-dealkylation sites (N-methyl/N-ethyl adjacent to an activating group) is 1. The number of nitrogens with zero attached hydrogens (tertiary/aromatic N) is 1. The Morgan fingerprint density at radius 2 is 1.87 bits per heavy atom. The molecule has 1 rings (SSSR count). The molecule has 0 spiro atoms. The summed E-state index contributed by atoms with van der Waals surface area (Å²) in [5.74, 6) is 0.330. The van der Waals surface area contributed by atoms with Crippen molar-refractivity contribution < 1.29 is 4.79 Å². The van der Waals surface area contributed by atoms with Crippen LogP contribution in [0.3, 0.4) is 0 Å². The van der Waals surface area contributed by atoms with Crippen molar-refractivity contribution in [3.63, 3.8) is 0 Å². The van der Waals surface area contributed by atoms with Crippen LogP contribution in [0, 0.1) is 0 Å². The first-order chi connectivity index (χ1) is 7.18. The van der Waals surface area contributed by atoms with Crippen LogP contribution in [0.25, 0.3) is 0 Å². The third-order valence-corrected chi connectivity index (χ3v) is 2.26. The van der Waals surface area contributed by atoms with E-state index in [0.717, 1.165) is 12.8 Å². The van der Waals surface area contributed by atoms with Crippen LogP contribution in [0.2, 0.25) is 0 Å². The Morgan fingerprint density at radius 3 is 2.47 bits per heavy atom. The summed E-state index contributed by atoms with van der Waals surface area (Å²) in [6.45, 7) is 0.564. The normalized spacial score (nSPS) is 10.6. The third-order valence-electron chi connectivity index (χ3n) is 2.26. The molecule has 2 heteroatoms. The highest BCUT2D eigenvalue weighted by atomic mass is 16.1. The lowest BCUT2D eigenvalue weighted by molar-refractivity contribution is -0.119. The fourth-order valence-corrected chi connectivity index (χ4v) is 1.57. The molecule has 1 aromatic carbocycles. The van der Waals surface area contributed by atoms with Crippen LogP contribution in [0.5, 0.6) is 0 Å². The van der Waals surface area contributed by atoms with Gasteiger partial charge in [-0.2, -0.15) is 0 Å². The molecule has 0 aliphatic carbocycles. The molecule has 0 aliphatic heterocycles. The first-order valence-corrected chi connectivity index (χ1v) is 5.39. The maximum absolute atomic E-state index is 11.4. The summed E-state index contributed by atoms with van der Waals surface area (Å²) in [6, 6.07) is 10.3. The fourth-order valence-electron chi connectivity index (χ4n) is 1.57. The molecule has 0 N–H and O–H groups in total. The Bertz CT molecular complexity index is 293. The molecule has 0 unspecified atom stereocenters.